The predicted molar refractivity (Wildman–Crippen MR) is 268 cm³/mol. The van der Waals surface area contributed by atoms with E-state index in [0.29, 0.717) is 0 Å². The van der Waals surface area contributed by atoms with E-state index < -0.39 is 0 Å². The maximum absolute atomic E-state index is 2.38. The highest BCUT2D eigenvalue weighted by atomic mass is 32.1. The van der Waals surface area contributed by atoms with Crippen LogP contribution in [0.3, 0.4) is 0 Å². The fraction of sp³-hybridized carbons (Fsp3) is 0.0357. The van der Waals surface area contributed by atoms with Gasteiger partial charge in [-0.2, -0.15) is 0 Å². The summed E-state index contributed by atoms with van der Waals surface area (Å²) in [5.74, 6) is 0. The molecule has 0 radical (unpaired) electrons. The molecule has 4 heterocycles. The van der Waals surface area contributed by atoms with E-state index in [1.165, 1.54) is 126 Å². The van der Waals surface area contributed by atoms with Crippen LogP contribution in [0.2, 0.25) is 0 Å². The van der Waals surface area contributed by atoms with Crippen LogP contribution in [0.1, 0.15) is 9.75 Å². The molecule has 12 rings (SSSR count). The quantitative estimate of drug-likeness (QED) is 0.157. The lowest BCUT2D eigenvalue weighted by atomic mass is 9.97. The molecule has 0 amide bonds. The Morgan fingerprint density at radius 2 is 0.550 bits per heavy atom. The van der Waals surface area contributed by atoms with Gasteiger partial charge in [-0.25, -0.2) is 0 Å². The zero-order chi connectivity index (χ0) is 39.9. The van der Waals surface area contributed by atoms with Crippen molar-refractivity contribution < 1.29 is 0 Å². The molecule has 4 aromatic heterocycles. The summed E-state index contributed by atoms with van der Waals surface area (Å²) in [6.45, 7) is 4.47. The Labute approximate surface area is 364 Å². The summed E-state index contributed by atoms with van der Waals surface area (Å²) in [6, 6.07) is 67.7. The third-order valence-corrected chi connectivity index (χ3v) is 16.7. The van der Waals surface area contributed by atoms with Gasteiger partial charge < -0.3 is 0 Å². The molecule has 0 nitrogen and oxygen atoms in total. The Morgan fingerprint density at radius 1 is 0.250 bits per heavy atom. The molecule has 0 saturated carbocycles. The van der Waals surface area contributed by atoms with Crippen LogP contribution in [-0.4, -0.2) is 0 Å². The first kappa shape index (κ1) is 35.8. The van der Waals surface area contributed by atoms with Gasteiger partial charge in [0.2, 0.25) is 0 Å². The molecule has 0 spiro atoms. The van der Waals surface area contributed by atoms with Gasteiger partial charge in [-0.1, -0.05) is 158 Å². The highest BCUT2D eigenvalue weighted by molar-refractivity contribution is 7.36. The second kappa shape index (κ2) is 14.3. The van der Waals surface area contributed by atoms with Gasteiger partial charge in [0.15, 0.2) is 0 Å². The van der Waals surface area contributed by atoms with Crippen LogP contribution < -0.4 is 0 Å². The van der Waals surface area contributed by atoms with Crippen molar-refractivity contribution in [3.8, 4) is 66.8 Å². The minimum Gasteiger partial charge on any atom is -0.140 e. The molecule has 0 bridgehead atoms. The van der Waals surface area contributed by atoms with Crippen molar-refractivity contribution in [2.75, 3.05) is 0 Å². The number of benzene rings is 8. The Kier molecular flexibility index (Phi) is 8.50. The van der Waals surface area contributed by atoms with Gasteiger partial charge in [-0.15, -0.1) is 45.3 Å². The molecule has 0 fully saturated rings. The normalized spacial score (nSPS) is 11.8. The van der Waals surface area contributed by atoms with E-state index in [0.717, 1.165) is 0 Å². The topological polar surface area (TPSA) is 0 Å². The summed E-state index contributed by atoms with van der Waals surface area (Å²) in [5.41, 5.74) is 15.2. The molecule has 12 aromatic rings. The lowest BCUT2D eigenvalue weighted by Crippen LogP contribution is -1.83. The number of fused-ring (bicyclic) bond motifs is 7. The van der Waals surface area contributed by atoms with Crippen molar-refractivity contribution in [1.82, 2.24) is 0 Å². The Bertz CT molecular complexity index is 3330. The Hall–Kier alpha value is -6.14. The van der Waals surface area contributed by atoms with Crippen molar-refractivity contribution >= 4 is 95.1 Å². The largest absolute Gasteiger partial charge is 0.140 e. The Balaban J connectivity index is 0.775. The summed E-state index contributed by atoms with van der Waals surface area (Å²) in [6.07, 6.45) is 0. The van der Waals surface area contributed by atoms with Crippen LogP contribution in [0.5, 0.6) is 0 Å². The van der Waals surface area contributed by atoms with Crippen LogP contribution in [0.15, 0.2) is 182 Å². The summed E-state index contributed by atoms with van der Waals surface area (Å²) in [5, 5.41) is 5.39. The van der Waals surface area contributed by atoms with Gasteiger partial charge in [-0.05, 0) is 93.7 Å². The van der Waals surface area contributed by atoms with Crippen molar-refractivity contribution in [1.29, 1.82) is 0 Å². The summed E-state index contributed by atoms with van der Waals surface area (Å²) in [7, 11) is 0. The second-order valence-electron chi connectivity index (χ2n) is 15.7. The fourth-order valence-corrected chi connectivity index (χ4v) is 13.9. The number of hydrogen-bond acceptors (Lipinski definition) is 4. The second-order valence-corrected chi connectivity index (χ2v) is 20.3. The van der Waals surface area contributed by atoms with Crippen molar-refractivity contribution in [3.05, 3.63) is 192 Å². The number of aryl methyl sites for hydroxylation is 2. The first-order chi connectivity index (χ1) is 29.5. The van der Waals surface area contributed by atoms with E-state index in [4.69, 9.17) is 0 Å². The average molecular weight is 837 g/mol. The molecule has 0 N–H and O–H groups in total. The minimum atomic E-state index is 1.24. The van der Waals surface area contributed by atoms with E-state index in [2.05, 4.69) is 196 Å². The van der Waals surface area contributed by atoms with E-state index in [-0.39, 0.29) is 0 Å². The number of hydrogen-bond donors (Lipinski definition) is 0. The summed E-state index contributed by atoms with van der Waals surface area (Å²) >= 11 is 7.60. The predicted octanol–water partition coefficient (Wildman–Crippen LogP) is 18.3. The summed E-state index contributed by atoms with van der Waals surface area (Å²) in [4.78, 5) is 2.74. The van der Waals surface area contributed by atoms with Crippen LogP contribution in [0.4, 0.5) is 0 Å². The van der Waals surface area contributed by atoms with E-state index in [1.807, 2.05) is 45.3 Å². The van der Waals surface area contributed by atoms with Gasteiger partial charge in [0.1, 0.15) is 0 Å². The van der Waals surface area contributed by atoms with Gasteiger partial charge in [-0.3, -0.25) is 0 Å². The standard InChI is InChI=1S/C56H36S4/c1-33-53(45-7-3-5-9-49(45)57-33)41-23-19-37(20-24-41)35-11-15-39(16-12-35)43-27-29-47-51(31-43)59-56-48-30-28-44(32-52(48)60-55(47)56)40-17-13-36(14-18-40)38-21-25-42(26-22-38)54-34(2)58-50-10-6-4-8-46(50)54/h3-32H,1-2H3. The maximum atomic E-state index is 2.38. The zero-order valence-electron chi connectivity index (χ0n) is 33.0. The van der Waals surface area contributed by atoms with Crippen LogP contribution in [0, 0.1) is 13.8 Å². The molecule has 0 unspecified atom stereocenters. The monoisotopic (exact) mass is 836 g/mol. The fourth-order valence-electron chi connectivity index (χ4n) is 9.04. The molecule has 0 aliphatic carbocycles. The van der Waals surface area contributed by atoms with Crippen molar-refractivity contribution in [3.63, 3.8) is 0 Å². The number of rotatable bonds is 6. The third-order valence-electron chi connectivity index (χ3n) is 12.1. The molecule has 0 aliphatic rings. The lowest BCUT2D eigenvalue weighted by Gasteiger charge is -2.08. The molecule has 60 heavy (non-hydrogen) atoms. The molecular weight excluding hydrogens is 801 g/mol. The van der Waals surface area contributed by atoms with E-state index in [1.54, 1.807) is 0 Å². The van der Waals surface area contributed by atoms with Crippen molar-refractivity contribution in [2.45, 2.75) is 13.8 Å². The molecule has 0 aliphatic heterocycles. The number of thiophene rings is 4. The van der Waals surface area contributed by atoms with Gasteiger partial charge in [0, 0.05) is 61.2 Å². The molecule has 0 atom stereocenters. The molecular formula is C56H36S4. The first-order valence-corrected chi connectivity index (χ1v) is 23.6. The zero-order valence-corrected chi connectivity index (χ0v) is 36.2. The maximum Gasteiger partial charge on any atom is 0.0542 e. The Morgan fingerprint density at radius 3 is 0.917 bits per heavy atom. The molecule has 4 heteroatoms. The smallest absolute Gasteiger partial charge is 0.0542 e. The average Bonchev–Trinajstić information content (AvgIpc) is 4.04. The molecule has 8 aromatic carbocycles. The lowest BCUT2D eigenvalue weighted by molar-refractivity contribution is 1.57. The van der Waals surface area contributed by atoms with Gasteiger partial charge in [0.05, 0.1) is 9.40 Å². The van der Waals surface area contributed by atoms with Crippen LogP contribution in [-0.2, 0) is 0 Å². The highest BCUT2D eigenvalue weighted by Gasteiger charge is 2.16. The highest BCUT2D eigenvalue weighted by Crippen LogP contribution is 2.47. The van der Waals surface area contributed by atoms with Gasteiger partial charge >= 0.3 is 0 Å². The minimum absolute atomic E-state index is 1.24. The molecule has 284 valence electrons. The van der Waals surface area contributed by atoms with Gasteiger partial charge in [0.25, 0.3) is 0 Å². The first-order valence-electron chi connectivity index (χ1n) is 20.3. The van der Waals surface area contributed by atoms with Crippen LogP contribution >= 0.6 is 45.3 Å². The van der Waals surface area contributed by atoms with E-state index in [9.17, 15) is 0 Å². The molecule has 0 saturated heterocycles. The summed E-state index contributed by atoms with van der Waals surface area (Å²) < 4.78 is 8.17. The SMILES string of the molecule is Cc1sc2ccccc2c1-c1ccc(-c2ccc(-c3ccc4c(c3)sc3c5ccc(-c6ccc(-c7ccc(-c8c(C)sc9ccccc89)cc7)cc6)cc5sc43)cc2)cc1. The van der Waals surface area contributed by atoms with E-state index >= 15 is 0 Å². The van der Waals surface area contributed by atoms with Crippen molar-refractivity contribution in [2.24, 2.45) is 0 Å². The third kappa shape index (κ3) is 5.97. The van der Waals surface area contributed by atoms with Crippen LogP contribution in [0.25, 0.3) is 117 Å².